The highest BCUT2D eigenvalue weighted by molar-refractivity contribution is 6.31. The molecule has 0 unspecified atom stereocenters. The predicted octanol–water partition coefficient (Wildman–Crippen LogP) is 3.73. The molecule has 1 aromatic carbocycles. The summed E-state index contributed by atoms with van der Waals surface area (Å²) in [5, 5.41) is 3.06. The summed E-state index contributed by atoms with van der Waals surface area (Å²) in [4.78, 5) is 2.30. The molecule has 0 saturated carbocycles. The van der Waals surface area contributed by atoms with Gasteiger partial charge in [0.25, 0.3) is 0 Å². The van der Waals surface area contributed by atoms with Crippen molar-refractivity contribution in [2.75, 3.05) is 39.4 Å². The first kappa shape index (κ1) is 18.0. The summed E-state index contributed by atoms with van der Waals surface area (Å²) in [7, 11) is 0. The molecule has 0 bridgehead atoms. The fraction of sp³-hybridized carbons (Fsp3) is 0.647. The lowest BCUT2D eigenvalue weighted by molar-refractivity contribution is -0.137. The average Bonchev–Trinajstić information content (AvgIpc) is 2.57. The van der Waals surface area contributed by atoms with Gasteiger partial charge in [0.15, 0.2) is 0 Å². The molecule has 1 aromatic rings. The zero-order valence-corrected chi connectivity index (χ0v) is 14.2. The molecule has 2 aliphatic heterocycles. The monoisotopic (exact) mass is 362 g/mol. The van der Waals surface area contributed by atoms with Crippen LogP contribution in [-0.4, -0.2) is 44.3 Å². The molecule has 3 rings (SSSR count). The van der Waals surface area contributed by atoms with Gasteiger partial charge < -0.3 is 10.1 Å². The quantitative estimate of drug-likeness (QED) is 0.886. The molecule has 0 aliphatic carbocycles. The highest BCUT2D eigenvalue weighted by Crippen LogP contribution is 2.40. The third-order valence-electron chi connectivity index (χ3n) is 4.89. The smallest absolute Gasteiger partial charge is 0.381 e. The SMILES string of the molecule is FC(F)(F)c1cc([C@H](C2CCOCC2)N2CCNCC2)ccc1Cl. The van der Waals surface area contributed by atoms with Crippen molar-refractivity contribution in [2.24, 2.45) is 5.92 Å². The summed E-state index contributed by atoms with van der Waals surface area (Å²) in [6, 6.07) is 4.35. The van der Waals surface area contributed by atoms with Crippen molar-refractivity contribution in [1.82, 2.24) is 10.2 Å². The van der Waals surface area contributed by atoms with E-state index in [1.165, 1.54) is 12.1 Å². The van der Waals surface area contributed by atoms with Crippen molar-refractivity contribution < 1.29 is 17.9 Å². The number of ether oxygens (including phenoxy) is 1. The van der Waals surface area contributed by atoms with E-state index in [-0.39, 0.29) is 11.1 Å². The van der Waals surface area contributed by atoms with Gasteiger partial charge in [-0.25, -0.2) is 0 Å². The molecule has 3 nitrogen and oxygen atoms in total. The molecule has 1 N–H and O–H groups in total. The Labute approximate surface area is 145 Å². The number of benzene rings is 1. The second kappa shape index (κ2) is 7.60. The van der Waals surface area contributed by atoms with Crippen LogP contribution < -0.4 is 5.32 Å². The molecule has 0 amide bonds. The van der Waals surface area contributed by atoms with Crippen LogP contribution in [0.1, 0.15) is 30.0 Å². The molecule has 0 spiro atoms. The van der Waals surface area contributed by atoms with Crippen molar-refractivity contribution in [3.63, 3.8) is 0 Å². The highest BCUT2D eigenvalue weighted by Gasteiger charge is 2.36. The van der Waals surface area contributed by atoms with Gasteiger partial charge in [0.05, 0.1) is 10.6 Å². The van der Waals surface area contributed by atoms with E-state index in [0.29, 0.717) is 24.7 Å². The standard InChI is InChI=1S/C17H22ClF3N2O/c18-15-2-1-13(11-14(15)17(19,20)21)16(12-3-9-24-10-4-12)23-7-5-22-6-8-23/h1-2,11-12,16,22H,3-10H2/t16-/m0/s1. The summed E-state index contributed by atoms with van der Waals surface area (Å²) >= 11 is 5.79. The fourth-order valence-electron chi connectivity index (χ4n) is 3.72. The van der Waals surface area contributed by atoms with Crippen LogP contribution in [0.15, 0.2) is 18.2 Å². The minimum absolute atomic E-state index is 0.0191. The van der Waals surface area contributed by atoms with Gasteiger partial charge in [0.1, 0.15) is 0 Å². The van der Waals surface area contributed by atoms with E-state index in [2.05, 4.69) is 10.2 Å². The van der Waals surface area contributed by atoms with Crippen LogP contribution in [0.3, 0.4) is 0 Å². The molecule has 2 heterocycles. The van der Waals surface area contributed by atoms with Gasteiger partial charge in [-0.3, -0.25) is 4.90 Å². The number of alkyl halides is 3. The van der Waals surface area contributed by atoms with Crippen LogP contribution in [0.5, 0.6) is 0 Å². The summed E-state index contributed by atoms with van der Waals surface area (Å²) in [6.45, 7) is 4.75. The fourth-order valence-corrected chi connectivity index (χ4v) is 3.94. The lowest BCUT2D eigenvalue weighted by Crippen LogP contribution is -2.47. The number of nitrogens with one attached hydrogen (secondary N) is 1. The van der Waals surface area contributed by atoms with Crippen molar-refractivity contribution in [2.45, 2.75) is 25.1 Å². The molecule has 0 aromatic heterocycles. The molecule has 134 valence electrons. The largest absolute Gasteiger partial charge is 0.417 e. The summed E-state index contributed by atoms with van der Waals surface area (Å²) < 4.78 is 45.2. The first-order chi connectivity index (χ1) is 11.5. The van der Waals surface area contributed by atoms with Crippen LogP contribution in [0.4, 0.5) is 13.2 Å². The van der Waals surface area contributed by atoms with E-state index in [1.807, 2.05) is 0 Å². The van der Waals surface area contributed by atoms with Gasteiger partial charge in [-0.1, -0.05) is 17.7 Å². The number of hydrogen-bond donors (Lipinski definition) is 1. The Balaban J connectivity index is 1.95. The normalized spacial score (nSPS) is 22.5. The Morgan fingerprint density at radius 3 is 2.46 bits per heavy atom. The van der Waals surface area contributed by atoms with Crippen LogP contribution >= 0.6 is 11.6 Å². The molecule has 24 heavy (non-hydrogen) atoms. The maximum Gasteiger partial charge on any atom is 0.417 e. The molecular formula is C17H22ClF3N2O. The van der Waals surface area contributed by atoms with E-state index in [9.17, 15) is 13.2 Å². The second-order valence-corrected chi connectivity index (χ2v) is 6.82. The number of halogens is 4. The van der Waals surface area contributed by atoms with Crippen molar-refractivity contribution in [3.05, 3.63) is 34.3 Å². The van der Waals surface area contributed by atoms with E-state index in [1.54, 1.807) is 6.07 Å². The molecule has 2 aliphatic rings. The van der Waals surface area contributed by atoms with Gasteiger partial charge in [0.2, 0.25) is 0 Å². The highest BCUT2D eigenvalue weighted by atomic mass is 35.5. The van der Waals surface area contributed by atoms with Gasteiger partial charge >= 0.3 is 6.18 Å². The predicted molar refractivity (Wildman–Crippen MR) is 87.2 cm³/mol. The minimum atomic E-state index is -4.43. The molecule has 1 atom stereocenters. The second-order valence-electron chi connectivity index (χ2n) is 6.42. The third-order valence-corrected chi connectivity index (χ3v) is 5.22. The van der Waals surface area contributed by atoms with E-state index >= 15 is 0 Å². The van der Waals surface area contributed by atoms with Crippen molar-refractivity contribution in [1.29, 1.82) is 0 Å². The average molecular weight is 363 g/mol. The lowest BCUT2D eigenvalue weighted by Gasteiger charge is -2.41. The maximum absolute atomic E-state index is 13.2. The lowest BCUT2D eigenvalue weighted by atomic mass is 9.85. The Morgan fingerprint density at radius 1 is 1.17 bits per heavy atom. The van der Waals surface area contributed by atoms with Gasteiger partial charge in [-0.05, 0) is 36.5 Å². The molecule has 0 radical (unpaired) electrons. The zero-order chi connectivity index (χ0) is 17.2. The Bertz CT molecular complexity index is 537. The van der Waals surface area contributed by atoms with Gasteiger partial charge in [-0.2, -0.15) is 13.2 Å². The molecule has 2 saturated heterocycles. The number of rotatable bonds is 3. The van der Waals surface area contributed by atoms with Crippen LogP contribution in [0.25, 0.3) is 0 Å². The van der Waals surface area contributed by atoms with E-state index < -0.39 is 11.7 Å². The Kier molecular flexibility index (Phi) is 5.70. The number of piperazine rings is 1. The Morgan fingerprint density at radius 2 is 1.83 bits per heavy atom. The first-order valence-electron chi connectivity index (χ1n) is 8.36. The van der Waals surface area contributed by atoms with Gasteiger partial charge in [-0.15, -0.1) is 0 Å². The van der Waals surface area contributed by atoms with Crippen LogP contribution in [0, 0.1) is 5.92 Å². The van der Waals surface area contributed by atoms with Crippen molar-refractivity contribution >= 4 is 11.6 Å². The van der Waals surface area contributed by atoms with Crippen LogP contribution in [0.2, 0.25) is 5.02 Å². The molecule has 7 heteroatoms. The zero-order valence-electron chi connectivity index (χ0n) is 13.4. The first-order valence-corrected chi connectivity index (χ1v) is 8.74. The van der Waals surface area contributed by atoms with Crippen molar-refractivity contribution in [3.8, 4) is 0 Å². The maximum atomic E-state index is 13.2. The molecule has 2 fully saturated rings. The van der Waals surface area contributed by atoms with E-state index in [0.717, 1.165) is 39.0 Å². The molecular weight excluding hydrogens is 341 g/mol. The number of hydrogen-bond acceptors (Lipinski definition) is 3. The number of nitrogens with zero attached hydrogens (tertiary/aromatic N) is 1. The third kappa shape index (κ3) is 4.04. The summed E-state index contributed by atoms with van der Waals surface area (Å²) in [6.07, 6.45) is -2.69. The summed E-state index contributed by atoms with van der Waals surface area (Å²) in [5.74, 6) is 0.305. The minimum Gasteiger partial charge on any atom is -0.381 e. The summed E-state index contributed by atoms with van der Waals surface area (Å²) in [5.41, 5.74) is -0.0330. The topological polar surface area (TPSA) is 24.5 Å². The van der Waals surface area contributed by atoms with Gasteiger partial charge in [0, 0.05) is 45.4 Å². The van der Waals surface area contributed by atoms with E-state index in [4.69, 9.17) is 16.3 Å². The van der Waals surface area contributed by atoms with Crippen LogP contribution in [-0.2, 0) is 10.9 Å². The Hall–Kier alpha value is -0.820.